The number of hydrogen-bond acceptors (Lipinski definition) is 5. The fourth-order valence-corrected chi connectivity index (χ4v) is 3.35. The van der Waals surface area contributed by atoms with Crippen molar-refractivity contribution in [2.75, 3.05) is 18.9 Å². The quantitative estimate of drug-likeness (QED) is 0.839. The number of halogens is 1. The van der Waals surface area contributed by atoms with E-state index in [2.05, 4.69) is 15.3 Å². The van der Waals surface area contributed by atoms with Gasteiger partial charge in [-0.05, 0) is 31.4 Å². The molecule has 1 saturated heterocycles. The molecule has 1 aliphatic heterocycles. The van der Waals surface area contributed by atoms with Gasteiger partial charge in [-0.25, -0.2) is 14.4 Å². The van der Waals surface area contributed by atoms with Crippen LogP contribution >= 0.6 is 0 Å². The molecule has 142 valence electrons. The number of rotatable bonds is 5. The van der Waals surface area contributed by atoms with Crippen LogP contribution in [0.1, 0.15) is 36.0 Å². The Labute approximate surface area is 156 Å². The monoisotopic (exact) mass is 371 g/mol. The summed E-state index contributed by atoms with van der Waals surface area (Å²) in [6.45, 7) is 0.595. The van der Waals surface area contributed by atoms with Crippen molar-refractivity contribution >= 4 is 17.6 Å². The standard InChI is InChI=1S/C19H22FN5O2/c1-22-18-15(20)11-23-17(24-18)12-5-4-6-13(9-12)19(27)25-8-3-2-7-14(25)10-16(21)26/h4-6,9,11,14H,2-3,7-8,10H2,1H3,(H2,21,26)(H,22,23,24)/t14-/m1/s1. The summed E-state index contributed by atoms with van der Waals surface area (Å²) in [7, 11) is 1.57. The Hall–Kier alpha value is -3.03. The van der Waals surface area contributed by atoms with Crippen molar-refractivity contribution in [1.82, 2.24) is 14.9 Å². The number of hydrogen-bond donors (Lipinski definition) is 2. The second-order valence-corrected chi connectivity index (χ2v) is 6.54. The van der Waals surface area contributed by atoms with E-state index in [1.54, 1.807) is 36.2 Å². The van der Waals surface area contributed by atoms with Crippen LogP contribution in [-0.4, -0.2) is 46.3 Å². The fraction of sp³-hybridized carbons (Fsp3) is 0.368. The lowest BCUT2D eigenvalue weighted by Crippen LogP contribution is -2.45. The number of nitrogens with zero attached hydrogens (tertiary/aromatic N) is 3. The molecule has 0 unspecified atom stereocenters. The third kappa shape index (κ3) is 4.21. The maximum Gasteiger partial charge on any atom is 0.254 e. The molecule has 0 spiro atoms. The highest BCUT2D eigenvalue weighted by atomic mass is 19.1. The lowest BCUT2D eigenvalue weighted by Gasteiger charge is -2.35. The van der Waals surface area contributed by atoms with Gasteiger partial charge in [0, 0.05) is 37.2 Å². The first-order valence-electron chi connectivity index (χ1n) is 8.89. The smallest absolute Gasteiger partial charge is 0.254 e. The first kappa shape index (κ1) is 18.8. The molecule has 0 bridgehead atoms. The molecule has 3 N–H and O–H groups in total. The SMILES string of the molecule is CNc1nc(-c2cccc(C(=O)N3CCCC[C@@H]3CC(N)=O)c2)ncc1F. The second kappa shape index (κ2) is 8.11. The molecule has 1 atom stereocenters. The third-order valence-corrected chi connectivity index (χ3v) is 4.67. The van der Waals surface area contributed by atoms with Gasteiger partial charge in [0.15, 0.2) is 17.5 Å². The minimum Gasteiger partial charge on any atom is -0.371 e. The van der Waals surface area contributed by atoms with Crippen molar-refractivity contribution in [2.24, 2.45) is 5.73 Å². The number of nitrogens with two attached hydrogens (primary N) is 1. The predicted molar refractivity (Wildman–Crippen MR) is 99.5 cm³/mol. The maximum absolute atomic E-state index is 13.6. The number of likely N-dealkylation sites (tertiary alicyclic amines) is 1. The van der Waals surface area contributed by atoms with E-state index in [-0.39, 0.29) is 24.2 Å². The highest BCUT2D eigenvalue weighted by molar-refractivity contribution is 5.96. The molecular formula is C19H22FN5O2. The molecule has 0 aliphatic carbocycles. The lowest BCUT2D eigenvalue weighted by molar-refractivity contribution is -0.119. The molecule has 1 aromatic heterocycles. The molecule has 0 saturated carbocycles. The molecule has 2 aromatic rings. The van der Waals surface area contributed by atoms with Gasteiger partial charge in [0.25, 0.3) is 5.91 Å². The summed E-state index contributed by atoms with van der Waals surface area (Å²) in [5.74, 6) is -0.695. The van der Waals surface area contributed by atoms with Gasteiger partial charge < -0.3 is 16.0 Å². The number of carbonyl (C=O) groups excluding carboxylic acids is 2. The Morgan fingerprint density at radius 1 is 1.37 bits per heavy atom. The van der Waals surface area contributed by atoms with Crippen molar-refractivity contribution in [1.29, 1.82) is 0 Å². The van der Waals surface area contributed by atoms with E-state index in [1.807, 2.05) is 0 Å². The summed E-state index contributed by atoms with van der Waals surface area (Å²) in [4.78, 5) is 34.2. The van der Waals surface area contributed by atoms with Gasteiger partial charge in [-0.1, -0.05) is 12.1 Å². The zero-order valence-electron chi connectivity index (χ0n) is 15.1. The third-order valence-electron chi connectivity index (χ3n) is 4.67. The first-order chi connectivity index (χ1) is 13.0. The number of anilines is 1. The van der Waals surface area contributed by atoms with E-state index in [1.165, 1.54) is 0 Å². The van der Waals surface area contributed by atoms with Crippen molar-refractivity contribution in [3.05, 3.63) is 41.8 Å². The van der Waals surface area contributed by atoms with E-state index < -0.39 is 11.7 Å². The highest BCUT2D eigenvalue weighted by Gasteiger charge is 2.28. The Balaban J connectivity index is 1.88. The van der Waals surface area contributed by atoms with Crippen LogP contribution in [0.25, 0.3) is 11.4 Å². The number of primary amides is 1. The van der Waals surface area contributed by atoms with Crippen LogP contribution in [0.3, 0.4) is 0 Å². The van der Waals surface area contributed by atoms with Crippen LogP contribution < -0.4 is 11.1 Å². The molecule has 7 nitrogen and oxygen atoms in total. The summed E-state index contributed by atoms with van der Waals surface area (Å²) in [6.07, 6.45) is 3.89. The van der Waals surface area contributed by atoms with Gasteiger partial charge in [0.2, 0.25) is 5.91 Å². The molecule has 1 aromatic carbocycles. The fourth-order valence-electron chi connectivity index (χ4n) is 3.35. The summed E-state index contributed by atoms with van der Waals surface area (Å²) in [5, 5.41) is 2.67. The van der Waals surface area contributed by atoms with Crippen LogP contribution in [0.15, 0.2) is 30.5 Å². The average molecular weight is 371 g/mol. The van der Waals surface area contributed by atoms with Gasteiger partial charge in [-0.15, -0.1) is 0 Å². The van der Waals surface area contributed by atoms with Crippen molar-refractivity contribution in [2.45, 2.75) is 31.7 Å². The van der Waals surface area contributed by atoms with Crippen LogP contribution in [0.5, 0.6) is 0 Å². The summed E-state index contributed by atoms with van der Waals surface area (Å²) >= 11 is 0. The highest BCUT2D eigenvalue weighted by Crippen LogP contribution is 2.24. The Bertz CT molecular complexity index is 858. The van der Waals surface area contributed by atoms with Gasteiger partial charge in [-0.2, -0.15) is 0 Å². The molecule has 1 fully saturated rings. The van der Waals surface area contributed by atoms with E-state index in [0.29, 0.717) is 23.5 Å². The molecule has 2 heterocycles. The van der Waals surface area contributed by atoms with Crippen molar-refractivity contribution in [3.8, 4) is 11.4 Å². The van der Waals surface area contributed by atoms with Gasteiger partial charge in [0.05, 0.1) is 6.20 Å². The first-order valence-corrected chi connectivity index (χ1v) is 8.89. The normalized spacial score (nSPS) is 16.8. The Morgan fingerprint density at radius 3 is 2.93 bits per heavy atom. The topological polar surface area (TPSA) is 101 Å². The Morgan fingerprint density at radius 2 is 2.19 bits per heavy atom. The average Bonchev–Trinajstić information content (AvgIpc) is 2.68. The molecule has 27 heavy (non-hydrogen) atoms. The van der Waals surface area contributed by atoms with E-state index in [0.717, 1.165) is 25.5 Å². The van der Waals surface area contributed by atoms with E-state index >= 15 is 0 Å². The Kier molecular flexibility index (Phi) is 5.63. The zero-order chi connectivity index (χ0) is 19.4. The number of benzene rings is 1. The molecular weight excluding hydrogens is 349 g/mol. The van der Waals surface area contributed by atoms with E-state index in [4.69, 9.17) is 5.73 Å². The zero-order valence-corrected chi connectivity index (χ0v) is 15.1. The van der Waals surface area contributed by atoms with Crippen molar-refractivity contribution in [3.63, 3.8) is 0 Å². The number of aromatic nitrogens is 2. The maximum atomic E-state index is 13.6. The molecule has 3 rings (SSSR count). The number of amides is 2. The van der Waals surface area contributed by atoms with Crippen LogP contribution in [0.2, 0.25) is 0 Å². The number of carbonyl (C=O) groups is 2. The van der Waals surface area contributed by atoms with Crippen LogP contribution in [-0.2, 0) is 4.79 Å². The summed E-state index contributed by atoms with van der Waals surface area (Å²) < 4.78 is 13.6. The summed E-state index contributed by atoms with van der Waals surface area (Å²) in [6, 6.07) is 6.72. The minimum atomic E-state index is -0.545. The van der Waals surface area contributed by atoms with Crippen molar-refractivity contribution < 1.29 is 14.0 Å². The van der Waals surface area contributed by atoms with Gasteiger partial charge in [0.1, 0.15) is 0 Å². The second-order valence-electron chi connectivity index (χ2n) is 6.54. The molecule has 2 amide bonds. The lowest BCUT2D eigenvalue weighted by atomic mass is 9.97. The van der Waals surface area contributed by atoms with Gasteiger partial charge in [-0.3, -0.25) is 9.59 Å². The molecule has 8 heteroatoms. The largest absolute Gasteiger partial charge is 0.371 e. The van der Waals surface area contributed by atoms with Crippen LogP contribution in [0, 0.1) is 5.82 Å². The molecule has 0 radical (unpaired) electrons. The number of piperidine rings is 1. The van der Waals surface area contributed by atoms with Gasteiger partial charge >= 0.3 is 0 Å². The number of nitrogens with one attached hydrogen (secondary N) is 1. The summed E-state index contributed by atoms with van der Waals surface area (Å²) in [5.41, 5.74) is 6.42. The molecule has 1 aliphatic rings. The van der Waals surface area contributed by atoms with Crippen LogP contribution in [0.4, 0.5) is 10.2 Å². The minimum absolute atomic E-state index is 0.0919. The predicted octanol–water partition coefficient (Wildman–Crippen LogP) is 2.19. The van der Waals surface area contributed by atoms with E-state index in [9.17, 15) is 14.0 Å².